The van der Waals surface area contributed by atoms with Gasteiger partial charge in [-0.1, -0.05) is 25.3 Å². The second kappa shape index (κ2) is 7.62. The van der Waals surface area contributed by atoms with Crippen LogP contribution in [-0.4, -0.2) is 20.7 Å². The van der Waals surface area contributed by atoms with Crippen molar-refractivity contribution in [3.8, 4) is 11.5 Å². The molecule has 146 valence electrons. The molecule has 6 heteroatoms. The van der Waals surface area contributed by atoms with E-state index in [9.17, 15) is 4.79 Å². The molecular formula is C22H26N4O2. The first-order chi connectivity index (χ1) is 13.5. The highest BCUT2D eigenvalue weighted by molar-refractivity contribution is 6.05. The number of anilines is 1. The number of hydrogen-bond donors (Lipinski definition) is 1. The maximum atomic E-state index is 13.0. The minimum absolute atomic E-state index is 0.120. The van der Waals surface area contributed by atoms with Crippen molar-refractivity contribution in [2.45, 2.75) is 51.9 Å². The van der Waals surface area contributed by atoms with Gasteiger partial charge in [0.25, 0.3) is 5.91 Å². The molecule has 2 heterocycles. The topological polar surface area (TPSA) is 73.0 Å². The third kappa shape index (κ3) is 3.72. The number of rotatable bonds is 4. The quantitative estimate of drug-likeness (QED) is 0.694. The van der Waals surface area contributed by atoms with Crippen LogP contribution < -0.4 is 5.32 Å². The number of aryl methyl sites for hydroxylation is 3. The van der Waals surface area contributed by atoms with Gasteiger partial charge in [-0.3, -0.25) is 9.48 Å². The van der Waals surface area contributed by atoms with Gasteiger partial charge in [0.05, 0.1) is 17.0 Å². The van der Waals surface area contributed by atoms with Crippen molar-refractivity contribution in [1.29, 1.82) is 0 Å². The van der Waals surface area contributed by atoms with E-state index in [-0.39, 0.29) is 5.91 Å². The highest BCUT2D eigenvalue weighted by atomic mass is 16.4. The van der Waals surface area contributed by atoms with Crippen LogP contribution in [0.5, 0.6) is 0 Å². The third-order valence-electron chi connectivity index (χ3n) is 5.49. The lowest BCUT2D eigenvalue weighted by molar-refractivity contribution is 0.102. The van der Waals surface area contributed by atoms with Gasteiger partial charge in [0.1, 0.15) is 5.76 Å². The van der Waals surface area contributed by atoms with Crippen LogP contribution in [0.1, 0.15) is 65.5 Å². The second-order valence-electron chi connectivity index (χ2n) is 7.63. The van der Waals surface area contributed by atoms with Gasteiger partial charge in [0.15, 0.2) is 0 Å². The van der Waals surface area contributed by atoms with E-state index in [4.69, 9.17) is 4.42 Å². The summed E-state index contributed by atoms with van der Waals surface area (Å²) in [4.78, 5) is 17.4. The van der Waals surface area contributed by atoms with E-state index in [2.05, 4.69) is 15.4 Å². The lowest BCUT2D eigenvalue weighted by atomic mass is 9.85. The van der Waals surface area contributed by atoms with Crippen molar-refractivity contribution in [2.24, 2.45) is 7.05 Å². The normalized spacial score (nSPS) is 15.0. The van der Waals surface area contributed by atoms with Crippen LogP contribution in [0, 0.1) is 13.8 Å². The fraction of sp³-hybridized carbons (Fsp3) is 0.409. The summed E-state index contributed by atoms with van der Waals surface area (Å²) in [6.45, 7) is 3.82. The lowest BCUT2D eigenvalue weighted by Gasteiger charge is -2.20. The summed E-state index contributed by atoms with van der Waals surface area (Å²) in [6, 6.07) is 7.59. The molecule has 0 unspecified atom stereocenters. The smallest absolute Gasteiger partial charge is 0.259 e. The first kappa shape index (κ1) is 18.5. The molecule has 3 aromatic rings. The Bertz CT molecular complexity index is 976. The van der Waals surface area contributed by atoms with E-state index in [0.717, 1.165) is 41.2 Å². The molecule has 1 aliphatic carbocycles. The van der Waals surface area contributed by atoms with Gasteiger partial charge in [-0.25, -0.2) is 4.98 Å². The Kier molecular flexibility index (Phi) is 5.03. The number of carbonyl (C=O) groups excluding carboxylic acids is 1. The van der Waals surface area contributed by atoms with Crippen LogP contribution in [0.4, 0.5) is 5.69 Å². The Morgan fingerprint density at radius 2 is 2.00 bits per heavy atom. The second-order valence-corrected chi connectivity index (χ2v) is 7.63. The van der Waals surface area contributed by atoms with Crippen LogP contribution in [0.3, 0.4) is 0 Å². The number of benzene rings is 1. The Morgan fingerprint density at radius 1 is 1.21 bits per heavy atom. The van der Waals surface area contributed by atoms with E-state index in [1.807, 2.05) is 51.4 Å². The molecule has 0 saturated heterocycles. The molecule has 6 nitrogen and oxygen atoms in total. The fourth-order valence-electron chi connectivity index (χ4n) is 3.88. The Hall–Kier alpha value is -2.89. The van der Waals surface area contributed by atoms with Gasteiger partial charge >= 0.3 is 0 Å². The molecule has 4 rings (SSSR count). The maximum absolute atomic E-state index is 13.0. The van der Waals surface area contributed by atoms with Crippen molar-refractivity contribution < 1.29 is 9.21 Å². The van der Waals surface area contributed by atoms with E-state index >= 15 is 0 Å². The predicted molar refractivity (Wildman–Crippen MR) is 108 cm³/mol. The first-order valence-corrected chi connectivity index (χ1v) is 9.90. The van der Waals surface area contributed by atoms with Crippen molar-refractivity contribution >= 4 is 11.6 Å². The molecular weight excluding hydrogens is 352 g/mol. The standard InChI is InChI=1S/C22H26N4O2/c1-14-15(2)28-22(23-14)17-10-7-11-18(12-17)24-21(27)19-13-26(3)25-20(19)16-8-5-4-6-9-16/h7,10-13,16H,4-6,8-9H2,1-3H3,(H,24,27). The monoisotopic (exact) mass is 378 g/mol. The van der Waals surface area contributed by atoms with Gasteiger partial charge in [-0.05, 0) is 44.9 Å². The largest absolute Gasteiger partial charge is 0.441 e. The zero-order valence-corrected chi connectivity index (χ0v) is 16.7. The summed E-state index contributed by atoms with van der Waals surface area (Å²) in [5.41, 5.74) is 4.02. The van der Waals surface area contributed by atoms with Crippen LogP contribution >= 0.6 is 0 Å². The number of nitrogens with zero attached hydrogens (tertiary/aromatic N) is 3. The SMILES string of the molecule is Cc1nc(-c2cccc(NC(=O)c3cn(C)nc3C3CCCCC3)c2)oc1C. The van der Waals surface area contributed by atoms with E-state index in [1.54, 1.807) is 4.68 Å². The van der Waals surface area contributed by atoms with Crippen molar-refractivity contribution in [3.05, 3.63) is 53.2 Å². The Labute approximate surface area is 165 Å². The zero-order valence-electron chi connectivity index (χ0n) is 16.7. The van der Waals surface area contributed by atoms with E-state index in [1.165, 1.54) is 19.3 Å². The summed E-state index contributed by atoms with van der Waals surface area (Å²) in [7, 11) is 1.87. The predicted octanol–water partition coefficient (Wildman–Crippen LogP) is 4.99. The Morgan fingerprint density at radius 3 is 2.71 bits per heavy atom. The first-order valence-electron chi connectivity index (χ1n) is 9.90. The molecule has 2 aromatic heterocycles. The summed E-state index contributed by atoms with van der Waals surface area (Å²) >= 11 is 0. The summed E-state index contributed by atoms with van der Waals surface area (Å²) in [5, 5.41) is 7.63. The molecule has 1 amide bonds. The molecule has 0 aliphatic heterocycles. The zero-order chi connectivity index (χ0) is 19.7. The highest BCUT2D eigenvalue weighted by Gasteiger charge is 2.25. The van der Waals surface area contributed by atoms with Gasteiger partial charge in [-0.2, -0.15) is 5.10 Å². The lowest BCUT2D eigenvalue weighted by Crippen LogP contribution is -2.16. The highest BCUT2D eigenvalue weighted by Crippen LogP contribution is 2.34. The molecule has 1 aromatic carbocycles. The number of nitrogens with one attached hydrogen (secondary N) is 1. The van der Waals surface area contributed by atoms with Crippen LogP contribution in [-0.2, 0) is 7.05 Å². The van der Waals surface area contributed by atoms with Crippen LogP contribution in [0.25, 0.3) is 11.5 Å². The fourth-order valence-corrected chi connectivity index (χ4v) is 3.88. The van der Waals surface area contributed by atoms with Gasteiger partial charge in [0, 0.05) is 30.4 Å². The summed E-state index contributed by atoms with van der Waals surface area (Å²) in [5.74, 6) is 1.62. The molecule has 28 heavy (non-hydrogen) atoms. The molecule has 1 aliphatic rings. The van der Waals surface area contributed by atoms with Crippen molar-refractivity contribution in [2.75, 3.05) is 5.32 Å². The number of hydrogen-bond acceptors (Lipinski definition) is 4. The minimum atomic E-state index is -0.120. The van der Waals surface area contributed by atoms with E-state index < -0.39 is 0 Å². The molecule has 0 atom stereocenters. The number of aromatic nitrogens is 3. The number of oxazole rings is 1. The Balaban J connectivity index is 1.57. The van der Waals surface area contributed by atoms with Gasteiger partial charge in [0.2, 0.25) is 5.89 Å². The molecule has 0 bridgehead atoms. The number of amides is 1. The molecule has 1 saturated carbocycles. The maximum Gasteiger partial charge on any atom is 0.259 e. The van der Waals surface area contributed by atoms with Crippen LogP contribution in [0.15, 0.2) is 34.9 Å². The molecule has 1 N–H and O–H groups in total. The number of carbonyl (C=O) groups is 1. The average Bonchev–Trinajstić information content (AvgIpc) is 3.25. The third-order valence-corrected chi connectivity index (χ3v) is 5.49. The molecule has 1 fully saturated rings. The molecule has 0 spiro atoms. The summed E-state index contributed by atoms with van der Waals surface area (Å²) < 4.78 is 7.45. The van der Waals surface area contributed by atoms with Crippen molar-refractivity contribution in [1.82, 2.24) is 14.8 Å². The van der Waals surface area contributed by atoms with Gasteiger partial charge in [-0.15, -0.1) is 0 Å². The van der Waals surface area contributed by atoms with Crippen molar-refractivity contribution in [3.63, 3.8) is 0 Å². The van der Waals surface area contributed by atoms with E-state index in [0.29, 0.717) is 17.4 Å². The molecule has 0 radical (unpaired) electrons. The van der Waals surface area contributed by atoms with Gasteiger partial charge < -0.3 is 9.73 Å². The summed E-state index contributed by atoms with van der Waals surface area (Å²) in [6.07, 6.45) is 7.73. The average molecular weight is 378 g/mol. The van der Waals surface area contributed by atoms with Crippen LogP contribution in [0.2, 0.25) is 0 Å². The minimum Gasteiger partial charge on any atom is -0.441 e.